The minimum Gasteiger partial charge on any atom is -0.375 e. The number of nitrogens with zero attached hydrogens (tertiary/aromatic N) is 1. The lowest BCUT2D eigenvalue weighted by Crippen LogP contribution is -2.55. The highest BCUT2D eigenvalue weighted by Gasteiger charge is 2.56. The monoisotopic (exact) mass is 377 g/mol. The predicted molar refractivity (Wildman–Crippen MR) is 112 cm³/mol. The third-order valence-electron chi connectivity index (χ3n) is 6.46. The number of hydrogen-bond donors (Lipinski definition) is 2. The first-order chi connectivity index (χ1) is 13.1. The van der Waals surface area contributed by atoms with E-state index >= 15 is 0 Å². The summed E-state index contributed by atoms with van der Waals surface area (Å²) in [5, 5.41) is 9.46. The standard InChI is InChI=1S/C23H24ClN3/c1-16-19(5-2-6-20(16)24)23(13-22(14-23)9-11-25-15-22)27-18-8-7-17-4-3-10-26-21(17)12-18/h2-8,10,12,25,27H,9,11,13-15H2,1H3. The highest BCUT2D eigenvalue weighted by atomic mass is 35.5. The Hall–Kier alpha value is -2.10. The van der Waals surface area contributed by atoms with E-state index in [2.05, 4.69) is 58.9 Å². The third kappa shape index (κ3) is 2.81. The summed E-state index contributed by atoms with van der Waals surface area (Å²) in [5.41, 5.74) is 5.01. The number of benzene rings is 2. The second-order valence-corrected chi connectivity index (χ2v) is 8.72. The Labute approximate surface area is 165 Å². The molecule has 2 fully saturated rings. The molecule has 1 aliphatic carbocycles. The topological polar surface area (TPSA) is 37.0 Å². The van der Waals surface area contributed by atoms with Gasteiger partial charge in [-0.05, 0) is 73.5 Å². The summed E-state index contributed by atoms with van der Waals surface area (Å²) >= 11 is 6.48. The van der Waals surface area contributed by atoms with E-state index in [1.54, 1.807) is 0 Å². The average molecular weight is 378 g/mol. The van der Waals surface area contributed by atoms with Crippen LogP contribution in [0.15, 0.2) is 54.7 Å². The van der Waals surface area contributed by atoms with Crippen LogP contribution in [0.3, 0.4) is 0 Å². The van der Waals surface area contributed by atoms with Crippen molar-refractivity contribution in [1.82, 2.24) is 10.3 Å². The molecule has 5 rings (SSSR count). The van der Waals surface area contributed by atoms with Crippen LogP contribution in [0.25, 0.3) is 10.9 Å². The van der Waals surface area contributed by atoms with Crippen LogP contribution in [0.4, 0.5) is 5.69 Å². The average Bonchev–Trinajstić information content (AvgIpc) is 3.12. The van der Waals surface area contributed by atoms with Crippen LogP contribution in [0.2, 0.25) is 5.02 Å². The van der Waals surface area contributed by atoms with Crippen molar-refractivity contribution in [3.63, 3.8) is 0 Å². The maximum absolute atomic E-state index is 6.48. The Bertz CT molecular complexity index is 999. The fraction of sp³-hybridized carbons (Fsp3) is 0.348. The quantitative estimate of drug-likeness (QED) is 0.652. The molecule has 1 aromatic heterocycles. The number of nitrogens with one attached hydrogen (secondary N) is 2. The van der Waals surface area contributed by atoms with Crippen molar-refractivity contribution in [1.29, 1.82) is 0 Å². The van der Waals surface area contributed by atoms with Crippen LogP contribution in [0.5, 0.6) is 0 Å². The van der Waals surface area contributed by atoms with Crippen LogP contribution in [0, 0.1) is 12.3 Å². The van der Waals surface area contributed by atoms with E-state index in [0.717, 1.165) is 42.2 Å². The minimum atomic E-state index is -0.0660. The van der Waals surface area contributed by atoms with Crippen LogP contribution in [0.1, 0.15) is 30.4 Å². The molecule has 1 saturated heterocycles. The summed E-state index contributed by atoms with van der Waals surface area (Å²) < 4.78 is 0. The Morgan fingerprint density at radius 3 is 2.81 bits per heavy atom. The van der Waals surface area contributed by atoms with Gasteiger partial charge in [0.15, 0.2) is 0 Å². The molecule has 1 saturated carbocycles. The van der Waals surface area contributed by atoms with Gasteiger partial charge in [0, 0.05) is 28.8 Å². The summed E-state index contributed by atoms with van der Waals surface area (Å²) in [6, 6.07) is 16.9. The Morgan fingerprint density at radius 1 is 1.11 bits per heavy atom. The van der Waals surface area contributed by atoms with Gasteiger partial charge in [-0.1, -0.05) is 35.9 Å². The summed E-state index contributed by atoms with van der Waals surface area (Å²) in [4.78, 5) is 4.52. The molecule has 2 aromatic carbocycles. The highest BCUT2D eigenvalue weighted by molar-refractivity contribution is 6.31. The van der Waals surface area contributed by atoms with Gasteiger partial charge in [-0.2, -0.15) is 0 Å². The van der Waals surface area contributed by atoms with Gasteiger partial charge in [-0.25, -0.2) is 0 Å². The molecule has 0 atom stereocenters. The van der Waals surface area contributed by atoms with E-state index in [1.165, 1.54) is 22.9 Å². The van der Waals surface area contributed by atoms with Gasteiger partial charge in [0.25, 0.3) is 0 Å². The van der Waals surface area contributed by atoms with Crippen molar-refractivity contribution in [2.75, 3.05) is 18.4 Å². The molecule has 27 heavy (non-hydrogen) atoms. The molecule has 0 bridgehead atoms. The van der Waals surface area contributed by atoms with Crippen molar-refractivity contribution in [2.24, 2.45) is 5.41 Å². The van der Waals surface area contributed by atoms with Gasteiger partial charge >= 0.3 is 0 Å². The molecule has 1 aliphatic heterocycles. The number of halogens is 1. The van der Waals surface area contributed by atoms with E-state index in [9.17, 15) is 0 Å². The highest BCUT2D eigenvalue weighted by Crippen LogP contribution is 2.59. The maximum Gasteiger partial charge on any atom is 0.0722 e. The van der Waals surface area contributed by atoms with Gasteiger partial charge in [0.2, 0.25) is 0 Å². The van der Waals surface area contributed by atoms with Crippen LogP contribution in [-0.2, 0) is 5.54 Å². The second kappa shape index (κ2) is 6.22. The Balaban J connectivity index is 1.55. The number of hydrogen-bond acceptors (Lipinski definition) is 3. The molecule has 4 heteroatoms. The first kappa shape index (κ1) is 17.0. The molecule has 2 N–H and O–H groups in total. The predicted octanol–water partition coefficient (Wildman–Crippen LogP) is 5.28. The maximum atomic E-state index is 6.48. The van der Waals surface area contributed by atoms with E-state index in [1.807, 2.05) is 18.3 Å². The Kier molecular flexibility index (Phi) is 3.92. The van der Waals surface area contributed by atoms with Gasteiger partial charge < -0.3 is 10.6 Å². The van der Waals surface area contributed by atoms with E-state index in [4.69, 9.17) is 11.6 Å². The summed E-state index contributed by atoms with van der Waals surface area (Å²) in [7, 11) is 0. The molecular weight excluding hydrogens is 354 g/mol. The minimum absolute atomic E-state index is 0.0660. The molecule has 0 radical (unpaired) electrons. The Morgan fingerprint density at radius 2 is 2.00 bits per heavy atom. The zero-order valence-corrected chi connectivity index (χ0v) is 16.3. The summed E-state index contributed by atoms with van der Waals surface area (Å²) in [6.45, 7) is 4.39. The molecule has 2 aliphatic rings. The van der Waals surface area contributed by atoms with Crippen molar-refractivity contribution in [3.05, 3.63) is 70.9 Å². The van der Waals surface area contributed by atoms with Gasteiger partial charge in [-0.3, -0.25) is 4.98 Å². The lowest BCUT2D eigenvalue weighted by atomic mass is 9.54. The lowest BCUT2D eigenvalue weighted by molar-refractivity contribution is 0.0597. The molecule has 3 nitrogen and oxygen atoms in total. The van der Waals surface area contributed by atoms with Gasteiger partial charge in [-0.15, -0.1) is 0 Å². The van der Waals surface area contributed by atoms with Gasteiger partial charge in [0.05, 0.1) is 11.1 Å². The van der Waals surface area contributed by atoms with Crippen molar-refractivity contribution in [3.8, 4) is 0 Å². The second-order valence-electron chi connectivity index (χ2n) is 8.31. The fourth-order valence-corrected chi connectivity index (χ4v) is 5.39. The van der Waals surface area contributed by atoms with Crippen LogP contribution < -0.4 is 10.6 Å². The van der Waals surface area contributed by atoms with E-state index < -0.39 is 0 Å². The molecule has 3 aromatic rings. The van der Waals surface area contributed by atoms with Crippen molar-refractivity contribution >= 4 is 28.2 Å². The fourth-order valence-electron chi connectivity index (χ4n) is 5.22. The number of anilines is 1. The summed E-state index contributed by atoms with van der Waals surface area (Å²) in [5.74, 6) is 0. The largest absolute Gasteiger partial charge is 0.375 e. The number of rotatable bonds is 3. The lowest BCUT2D eigenvalue weighted by Gasteiger charge is -2.56. The molecular formula is C23H24ClN3. The number of fused-ring (bicyclic) bond motifs is 1. The summed E-state index contributed by atoms with van der Waals surface area (Å²) in [6.07, 6.45) is 5.38. The third-order valence-corrected chi connectivity index (χ3v) is 6.87. The molecule has 0 amide bonds. The van der Waals surface area contributed by atoms with Crippen LogP contribution >= 0.6 is 11.6 Å². The van der Waals surface area contributed by atoms with Crippen molar-refractivity contribution < 1.29 is 0 Å². The van der Waals surface area contributed by atoms with Crippen LogP contribution in [-0.4, -0.2) is 18.1 Å². The zero-order valence-electron chi connectivity index (χ0n) is 15.6. The van der Waals surface area contributed by atoms with Gasteiger partial charge in [0.1, 0.15) is 0 Å². The van der Waals surface area contributed by atoms with Crippen molar-refractivity contribution in [2.45, 2.75) is 31.7 Å². The molecule has 138 valence electrons. The first-order valence-corrected chi connectivity index (χ1v) is 10.1. The normalized spacial score (nSPS) is 27.0. The number of pyridine rings is 1. The van der Waals surface area contributed by atoms with E-state index in [-0.39, 0.29) is 5.54 Å². The first-order valence-electron chi connectivity index (χ1n) is 9.69. The molecule has 2 heterocycles. The number of aromatic nitrogens is 1. The SMILES string of the molecule is Cc1c(Cl)cccc1C1(Nc2ccc3cccnc3c2)CC2(CCNC2)C1. The smallest absolute Gasteiger partial charge is 0.0722 e. The molecule has 1 spiro atoms. The zero-order chi connectivity index (χ0) is 18.5. The molecule has 0 unspecified atom stereocenters. The van der Waals surface area contributed by atoms with E-state index in [0.29, 0.717) is 5.41 Å².